The molecule has 0 spiro atoms. The monoisotopic (exact) mass is 1240 g/mol. The molecule has 4 aliphatic rings. The molecule has 4 aliphatic carbocycles. The summed E-state index contributed by atoms with van der Waals surface area (Å²) in [5.41, 5.74) is 36.5. The number of ether oxygens (including phenoxy) is 1. The molecule has 3 atom stereocenters. The Balaban J connectivity index is 0.000000166. The SMILES string of the molecule is CC1=Cc2c(cc(C(C)(C)C)c(C)c2-c2ccccc2)C1[Si](C)(C)Cl.CC1=Cc2cccc(-c3ccc(C(C)(C)C)cc3)c2C1.COc1c(C(C)(C)C)cc2c(c1-c1ccccc1)C=C(C)C2[Si](C)(C)C1C(C)=Cc2c(-c3ccc(C(C)(C)C)cc3)cccc21. The lowest BCUT2D eigenvalue weighted by molar-refractivity contribution is 0.399. The van der Waals surface area contributed by atoms with E-state index in [9.17, 15) is 0 Å². The van der Waals surface area contributed by atoms with Crippen molar-refractivity contribution in [1.29, 1.82) is 0 Å². The fraction of sp³-hybridized carbons (Fsp3) is 0.349. The molecule has 8 aromatic rings. The van der Waals surface area contributed by atoms with E-state index >= 15 is 0 Å². The zero-order valence-electron chi connectivity index (χ0n) is 58.5. The Morgan fingerprint density at radius 3 is 1.34 bits per heavy atom. The molecule has 4 heteroatoms. The molecule has 0 bridgehead atoms. The molecule has 8 aromatic carbocycles. The molecule has 1 nitrogen and oxygen atoms in total. The molecule has 0 fully saturated rings. The van der Waals surface area contributed by atoms with Crippen molar-refractivity contribution in [3.05, 3.63) is 252 Å². The van der Waals surface area contributed by atoms with Gasteiger partial charge in [-0.25, -0.2) is 0 Å². The molecule has 0 radical (unpaired) electrons. The Morgan fingerprint density at radius 1 is 0.411 bits per heavy atom. The summed E-state index contributed by atoms with van der Waals surface area (Å²) in [6.45, 7) is 48.8. The van der Waals surface area contributed by atoms with Gasteiger partial charge in [0.25, 0.3) is 0 Å². The third-order valence-electron chi connectivity index (χ3n) is 19.9. The number of rotatable bonds is 8. The van der Waals surface area contributed by atoms with Gasteiger partial charge in [0.05, 0.1) is 15.2 Å². The molecule has 0 aliphatic heterocycles. The molecular weight excluding hydrogens is 1140 g/mol. The number of halogens is 1. The number of hydrogen-bond acceptors (Lipinski definition) is 1. The Kier molecular flexibility index (Phi) is 18.2. The predicted octanol–water partition coefficient (Wildman–Crippen LogP) is 25.2. The number of benzene rings is 8. The van der Waals surface area contributed by atoms with Gasteiger partial charge in [0, 0.05) is 27.8 Å². The summed E-state index contributed by atoms with van der Waals surface area (Å²) in [6.07, 6.45) is 10.8. The van der Waals surface area contributed by atoms with Crippen LogP contribution in [-0.2, 0) is 28.1 Å². The first-order valence-electron chi connectivity index (χ1n) is 33.0. The molecule has 0 aromatic heterocycles. The van der Waals surface area contributed by atoms with Crippen LogP contribution >= 0.6 is 11.1 Å². The Hall–Kier alpha value is -6.76. The van der Waals surface area contributed by atoms with Gasteiger partial charge in [0.1, 0.15) is 5.75 Å². The lowest BCUT2D eigenvalue weighted by atomic mass is 9.78. The summed E-state index contributed by atoms with van der Waals surface area (Å²) in [5.74, 6) is 1.01. The van der Waals surface area contributed by atoms with Crippen LogP contribution in [0.25, 0.3) is 68.8 Å². The Morgan fingerprint density at radius 2 is 0.844 bits per heavy atom. The molecule has 466 valence electrons. The summed E-state index contributed by atoms with van der Waals surface area (Å²) < 4.78 is 6.26. The molecule has 0 saturated heterocycles. The molecular formula is C86H101ClOSi2. The van der Waals surface area contributed by atoms with E-state index in [0.29, 0.717) is 16.6 Å². The highest BCUT2D eigenvalue weighted by atomic mass is 35.6. The van der Waals surface area contributed by atoms with Crippen molar-refractivity contribution in [2.75, 3.05) is 7.11 Å². The van der Waals surface area contributed by atoms with Crippen molar-refractivity contribution in [2.24, 2.45) is 0 Å². The zero-order valence-corrected chi connectivity index (χ0v) is 61.3. The van der Waals surface area contributed by atoms with Gasteiger partial charge >= 0.3 is 0 Å². The van der Waals surface area contributed by atoms with Crippen molar-refractivity contribution in [3.63, 3.8) is 0 Å². The van der Waals surface area contributed by atoms with E-state index in [0.717, 1.165) is 12.2 Å². The number of methoxy groups -OCH3 is 1. The van der Waals surface area contributed by atoms with Gasteiger partial charge in [-0.15, -0.1) is 0 Å². The first kappa shape index (κ1) is 66.2. The highest BCUT2D eigenvalue weighted by molar-refractivity contribution is 7.20. The van der Waals surface area contributed by atoms with Crippen LogP contribution in [0, 0.1) is 6.92 Å². The molecule has 0 N–H and O–H groups in total. The van der Waals surface area contributed by atoms with Crippen LogP contribution in [0.15, 0.2) is 180 Å². The van der Waals surface area contributed by atoms with Gasteiger partial charge < -0.3 is 4.74 Å². The van der Waals surface area contributed by atoms with Gasteiger partial charge in [-0.2, -0.15) is 11.1 Å². The lowest BCUT2D eigenvalue weighted by Crippen LogP contribution is -2.42. The smallest absolute Gasteiger partial charge is 0.161 e. The van der Waals surface area contributed by atoms with E-state index in [-0.39, 0.29) is 21.7 Å². The maximum atomic E-state index is 6.96. The first-order chi connectivity index (χ1) is 42.1. The summed E-state index contributed by atoms with van der Waals surface area (Å²) >= 11 is 6.96. The van der Waals surface area contributed by atoms with Crippen LogP contribution < -0.4 is 4.74 Å². The molecule has 12 rings (SSSR count). The second kappa shape index (κ2) is 24.7. The van der Waals surface area contributed by atoms with Crippen molar-refractivity contribution in [3.8, 4) is 50.3 Å². The molecule has 0 saturated carbocycles. The van der Waals surface area contributed by atoms with Crippen LogP contribution in [0.1, 0.15) is 200 Å². The fourth-order valence-corrected chi connectivity index (χ4v) is 23.8. The van der Waals surface area contributed by atoms with Crippen molar-refractivity contribution >= 4 is 50.8 Å². The summed E-state index contributed by atoms with van der Waals surface area (Å²) in [7, 11) is -2.06. The highest BCUT2D eigenvalue weighted by Gasteiger charge is 2.48. The fourth-order valence-electron chi connectivity index (χ4n) is 15.8. The van der Waals surface area contributed by atoms with Gasteiger partial charge in [0.15, 0.2) is 7.38 Å². The average molecular weight is 1240 g/mol. The Bertz CT molecular complexity index is 4130. The summed E-state index contributed by atoms with van der Waals surface area (Å²) in [6, 6.07) is 58.6. The second-order valence-electron chi connectivity index (χ2n) is 31.8. The van der Waals surface area contributed by atoms with E-state index in [1.54, 1.807) is 0 Å². The molecule has 90 heavy (non-hydrogen) atoms. The third kappa shape index (κ3) is 12.9. The lowest BCUT2D eigenvalue weighted by Gasteiger charge is -2.39. The first-order valence-corrected chi connectivity index (χ1v) is 40.3. The zero-order chi connectivity index (χ0) is 65.4. The van der Waals surface area contributed by atoms with Crippen LogP contribution in [0.4, 0.5) is 0 Å². The van der Waals surface area contributed by atoms with Crippen molar-refractivity contribution < 1.29 is 4.74 Å². The van der Waals surface area contributed by atoms with Crippen molar-refractivity contribution in [1.82, 2.24) is 0 Å². The molecule has 3 unspecified atom stereocenters. The number of fused-ring (bicyclic) bond motifs is 4. The van der Waals surface area contributed by atoms with Gasteiger partial charge in [-0.3, -0.25) is 0 Å². The van der Waals surface area contributed by atoms with Crippen LogP contribution in [0.2, 0.25) is 26.2 Å². The maximum Gasteiger partial charge on any atom is 0.161 e. The second-order valence-corrected chi connectivity index (χ2v) is 43.3. The average Bonchev–Trinajstić information content (AvgIpc) is 1.54. The van der Waals surface area contributed by atoms with E-state index in [2.05, 4.69) is 326 Å². The molecule has 0 amide bonds. The van der Waals surface area contributed by atoms with Crippen LogP contribution in [0.5, 0.6) is 5.75 Å². The van der Waals surface area contributed by atoms with E-state index in [1.807, 2.05) is 7.11 Å². The standard InChI is InChI=1S/C43H50OSi.C23H29ClSi.C20H22/c1-27-24-34-32(29-20-22-31(23-21-29)42(3,4)5)18-15-19-33(34)40(27)45(10,11)41-28(2)25-35-36(41)26-37(43(6,7)8)39(44-9)38(35)30-16-13-12-14-17-30;1-15-13-18-19(22(15)25(6,7)24)14-20(23(3,4)5)16(2)21(18)17-11-9-8-10-12-17;1-14-12-16-6-5-7-18(19(16)13-14)15-8-10-17(11-9-15)20(2,3)4/h12-26,40-41H,1-11H3;8-14,22H,1-7H3;5-12H,13H2,1-4H3. The minimum absolute atomic E-state index is 0.0517. The van der Waals surface area contributed by atoms with E-state index in [4.69, 9.17) is 15.8 Å². The minimum atomic E-state index is -2.03. The topological polar surface area (TPSA) is 9.23 Å². The quantitative estimate of drug-likeness (QED) is 0.109. The van der Waals surface area contributed by atoms with Crippen molar-refractivity contribution in [2.45, 2.75) is 189 Å². The highest BCUT2D eigenvalue weighted by Crippen LogP contribution is 2.57. The predicted molar refractivity (Wildman–Crippen MR) is 401 cm³/mol. The third-order valence-corrected chi connectivity index (χ3v) is 27.2. The van der Waals surface area contributed by atoms with Gasteiger partial charge in [-0.1, -0.05) is 314 Å². The van der Waals surface area contributed by atoms with Crippen LogP contribution in [-0.4, -0.2) is 22.6 Å². The maximum absolute atomic E-state index is 6.96. The van der Waals surface area contributed by atoms with Crippen LogP contribution in [0.3, 0.4) is 0 Å². The van der Waals surface area contributed by atoms with Gasteiger partial charge in [-0.05, 0) is 168 Å². The molecule has 0 heterocycles. The minimum Gasteiger partial charge on any atom is -0.496 e. The van der Waals surface area contributed by atoms with E-state index in [1.165, 1.54) is 139 Å². The summed E-state index contributed by atoms with van der Waals surface area (Å²) in [5, 5.41) is 0. The summed E-state index contributed by atoms with van der Waals surface area (Å²) in [4.78, 5) is 0. The van der Waals surface area contributed by atoms with Gasteiger partial charge in [0.2, 0.25) is 0 Å². The van der Waals surface area contributed by atoms with E-state index < -0.39 is 15.5 Å². The normalized spacial score (nSPS) is 16.9. The number of allylic oxidation sites excluding steroid dienone is 4. The largest absolute Gasteiger partial charge is 0.496 e. The number of hydrogen-bond donors (Lipinski definition) is 0. The Labute approximate surface area is 550 Å².